The summed E-state index contributed by atoms with van der Waals surface area (Å²) < 4.78 is 6.25. The molecule has 0 saturated heterocycles. The monoisotopic (exact) mass is 334 g/mol. The van der Waals surface area contributed by atoms with Gasteiger partial charge >= 0.3 is 6.09 Å². The molecular weight excluding hydrogens is 316 g/mol. The molecule has 0 aliphatic heterocycles. The fraction of sp³-hybridized carbons (Fsp3) is 0.333. The molecule has 7 nitrogen and oxygen atoms in total. The van der Waals surface area contributed by atoms with E-state index in [1.165, 1.54) is 18.9 Å². The minimum atomic E-state index is -0.773. The number of amides is 2. The van der Waals surface area contributed by atoms with Gasteiger partial charge in [-0.3, -0.25) is 10.1 Å². The topological polar surface area (TPSA) is 86.1 Å². The molecule has 1 N–H and O–H groups in total. The van der Waals surface area contributed by atoms with Crippen LogP contribution in [0.3, 0.4) is 0 Å². The molecule has 1 atom stereocenters. The van der Waals surface area contributed by atoms with Crippen LogP contribution >= 0.6 is 11.8 Å². The van der Waals surface area contributed by atoms with Crippen molar-refractivity contribution in [3.63, 3.8) is 0 Å². The maximum atomic E-state index is 11.8. The third kappa shape index (κ3) is 4.56. The Hall–Kier alpha value is -2.35. The van der Waals surface area contributed by atoms with E-state index >= 15 is 0 Å². The number of nitrogens with one attached hydrogen (secondary N) is 1. The summed E-state index contributed by atoms with van der Waals surface area (Å²) in [4.78, 5) is 22.9. The molecule has 2 aromatic rings. The molecule has 2 amide bonds. The lowest BCUT2D eigenvalue weighted by atomic mass is 10.1. The summed E-state index contributed by atoms with van der Waals surface area (Å²) in [6, 6.07) is 9.95. The van der Waals surface area contributed by atoms with Gasteiger partial charge in [-0.05, 0) is 12.5 Å². The Morgan fingerprint density at radius 1 is 1.30 bits per heavy atom. The second-order valence-electron chi connectivity index (χ2n) is 4.86. The van der Waals surface area contributed by atoms with Gasteiger partial charge in [-0.1, -0.05) is 42.1 Å². The molecule has 2 rings (SSSR count). The molecule has 23 heavy (non-hydrogen) atoms. The van der Waals surface area contributed by atoms with Crippen molar-refractivity contribution in [1.29, 1.82) is 0 Å². The predicted octanol–water partition coefficient (Wildman–Crippen LogP) is 1.77. The molecule has 122 valence electrons. The fourth-order valence-electron chi connectivity index (χ4n) is 1.84. The zero-order chi connectivity index (χ0) is 16.8. The number of methoxy groups -OCH3 is 1. The highest BCUT2D eigenvalue weighted by Crippen LogP contribution is 2.22. The highest BCUT2D eigenvalue weighted by molar-refractivity contribution is 8.00. The second-order valence-corrected chi connectivity index (χ2v) is 6.17. The molecule has 0 unspecified atom stereocenters. The van der Waals surface area contributed by atoms with E-state index in [4.69, 9.17) is 0 Å². The van der Waals surface area contributed by atoms with Gasteiger partial charge < -0.3 is 9.30 Å². The van der Waals surface area contributed by atoms with Gasteiger partial charge in [0.1, 0.15) is 5.82 Å². The van der Waals surface area contributed by atoms with Gasteiger partial charge in [-0.2, -0.15) is 0 Å². The molecule has 0 bridgehead atoms. The number of alkyl carbamates (subject to hydrolysis) is 1. The van der Waals surface area contributed by atoms with Crippen molar-refractivity contribution >= 4 is 23.8 Å². The molecule has 1 heterocycles. The highest BCUT2D eigenvalue weighted by atomic mass is 32.2. The summed E-state index contributed by atoms with van der Waals surface area (Å²) in [6.07, 6.45) is -0.113. The first-order valence-corrected chi connectivity index (χ1v) is 7.87. The van der Waals surface area contributed by atoms with Gasteiger partial charge in [-0.15, -0.1) is 10.2 Å². The average molecular weight is 334 g/mol. The molecule has 0 aliphatic rings. The minimum absolute atomic E-state index is 0.436. The van der Waals surface area contributed by atoms with E-state index in [0.717, 1.165) is 11.4 Å². The first-order chi connectivity index (χ1) is 11.0. The Morgan fingerprint density at radius 3 is 2.65 bits per heavy atom. The number of hydrogen-bond acceptors (Lipinski definition) is 6. The van der Waals surface area contributed by atoms with E-state index in [1.54, 1.807) is 6.92 Å². The van der Waals surface area contributed by atoms with Crippen LogP contribution in [0, 0.1) is 0 Å². The molecule has 0 spiro atoms. The number of aromatic nitrogens is 3. The van der Waals surface area contributed by atoms with Gasteiger partial charge in [0.25, 0.3) is 0 Å². The van der Waals surface area contributed by atoms with Crippen LogP contribution in [-0.4, -0.2) is 39.1 Å². The van der Waals surface area contributed by atoms with Crippen LogP contribution in [0.4, 0.5) is 4.79 Å². The fourth-order valence-corrected chi connectivity index (χ4v) is 2.68. The van der Waals surface area contributed by atoms with Crippen molar-refractivity contribution in [2.45, 2.75) is 23.8 Å². The number of carbonyl (C=O) groups is 2. The highest BCUT2D eigenvalue weighted by Gasteiger charge is 2.20. The quantitative estimate of drug-likeness (QED) is 0.839. The number of carbonyl (C=O) groups excluding carboxylic acids is 2. The second kappa shape index (κ2) is 7.77. The van der Waals surface area contributed by atoms with Crippen molar-refractivity contribution in [2.75, 3.05) is 7.11 Å². The molecule has 8 heteroatoms. The zero-order valence-corrected chi connectivity index (χ0v) is 14.0. The minimum Gasteiger partial charge on any atom is -0.453 e. The predicted molar refractivity (Wildman–Crippen MR) is 86.1 cm³/mol. The summed E-state index contributed by atoms with van der Waals surface area (Å²) in [5.74, 6) is 0.369. The third-order valence-corrected chi connectivity index (χ3v) is 4.33. The molecule has 1 aromatic heterocycles. The van der Waals surface area contributed by atoms with Crippen molar-refractivity contribution in [1.82, 2.24) is 20.1 Å². The Kier molecular flexibility index (Phi) is 5.75. The summed E-state index contributed by atoms with van der Waals surface area (Å²) in [5.41, 5.74) is 1.14. The zero-order valence-electron chi connectivity index (χ0n) is 13.1. The van der Waals surface area contributed by atoms with Gasteiger partial charge in [-0.25, -0.2) is 4.79 Å². The van der Waals surface area contributed by atoms with Crippen LogP contribution < -0.4 is 5.32 Å². The van der Waals surface area contributed by atoms with E-state index < -0.39 is 17.3 Å². The lowest BCUT2D eigenvalue weighted by Gasteiger charge is -2.10. The van der Waals surface area contributed by atoms with Crippen LogP contribution in [0.25, 0.3) is 0 Å². The van der Waals surface area contributed by atoms with Crippen LogP contribution in [0.1, 0.15) is 18.3 Å². The Morgan fingerprint density at radius 2 is 2.00 bits per heavy atom. The first-order valence-electron chi connectivity index (χ1n) is 6.99. The third-order valence-electron chi connectivity index (χ3n) is 3.19. The first kappa shape index (κ1) is 17.0. The van der Waals surface area contributed by atoms with Crippen LogP contribution in [0.5, 0.6) is 0 Å². The summed E-state index contributed by atoms with van der Waals surface area (Å²) in [6.45, 7) is 1.69. The number of hydrogen-bond donors (Lipinski definition) is 1. The van der Waals surface area contributed by atoms with Crippen LogP contribution in [-0.2, 0) is 23.0 Å². The lowest BCUT2D eigenvalue weighted by Crippen LogP contribution is -2.35. The number of rotatable bonds is 5. The Labute approximate surface area is 138 Å². The molecule has 0 saturated carbocycles. The van der Waals surface area contributed by atoms with Crippen molar-refractivity contribution < 1.29 is 14.3 Å². The van der Waals surface area contributed by atoms with Crippen molar-refractivity contribution in [2.24, 2.45) is 7.05 Å². The number of imide groups is 1. The summed E-state index contributed by atoms with van der Waals surface area (Å²) in [7, 11) is 3.06. The van der Waals surface area contributed by atoms with E-state index in [1.807, 2.05) is 41.9 Å². The Bertz CT molecular complexity index is 687. The van der Waals surface area contributed by atoms with Gasteiger partial charge in [0, 0.05) is 13.5 Å². The standard InChI is InChI=1S/C15H18N4O3S/c1-10(13(20)16-15(21)22-3)23-14-18-17-12(19(14)2)9-11-7-5-4-6-8-11/h4-8,10H,9H2,1-3H3,(H,16,20,21)/t10-/m1/s1. The number of nitrogens with zero attached hydrogens (tertiary/aromatic N) is 3. The van der Waals surface area contributed by atoms with E-state index in [0.29, 0.717) is 11.6 Å². The van der Waals surface area contributed by atoms with E-state index in [-0.39, 0.29) is 0 Å². The molecule has 0 fully saturated rings. The van der Waals surface area contributed by atoms with Crippen LogP contribution in [0.2, 0.25) is 0 Å². The van der Waals surface area contributed by atoms with Crippen molar-refractivity contribution in [3.05, 3.63) is 41.7 Å². The van der Waals surface area contributed by atoms with E-state index in [2.05, 4.69) is 20.3 Å². The van der Waals surface area contributed by atoms with Crippen LogP contribution in [0.15, 0.2) is 35.5 Å². The maximum absolute atomic E-state index is 11.8. The SMILES string of the molecule is COC(=O)NC(=O)[C@@H](C)Sc1nnc(Cc2ccccc2)n1C. The smallest absolute Gasteiger partial charge is 0.413 e. The summed E-state index contributed by atoms with van der Waals surface area (Å²) in [5, 5.41) is 10.5. The average Bonchev–Trinajstić information content (AvgIpc) is 2.88. The normalized spacial score (nSPS) is 11.8. The largest absolute Gasteiger partial charge is 0.453 e. The van der Waals surface area contributed by atoms with Gasteiger partial charge in [0.05, 0.1) is 12.4 Å². The number of thioether (sulfide) groups is 1. The van der Waals surface area contributed by atoms with E-state index in [9.17, 15) is 9.59 Å². The molecular formula is C15H18N4O3S. The molecule has 0 aliphatic carbocycles. The van der Waals surface area contributed by atoms with Crippen molar-refractivity contribution in [3.8, 4) is 0 Å². The number of ether oxygens (including phenoxy) is 1. The summed E-state index contributed by atoms with van der Waals surface area (Å²) >= 11 is 1.23. The molecule has 0 radical (unpaired) electrons. The van der Waals surface area contributed by atoms with Gasteiger partial charge in [0.15, 0.2) is 5.16 Å². The Balaban J connectivity index is 2.01. The molecule has 1 aromatic carbocycles. The number of benzene rings is 1. The lowest BCUT2D eigenvalue weighted by molar-refractivity contribution is -0.119. The maximum Gasteiger partial charge on any atom is 0.413 e. The van der Waals surface area contributed by atoms with Gasteiger partial charge in [0.2, 0.25) is 5.91 Å².